The van der Waals surface area contributed by atoms with Crippen molar-refractivity contribution in [2.24, 2.45) is 0 Å². The predicted molar refractivity (Wildman–Crippen MR) is 80.2 cm³/mol. The van der Waals surface area contributed by atoms with Crippen LogP contribution in [0.5, 0.6) is 0 Å². The molecule has 3 aromatic heterocycles. The van der Waals surface area contributed by atoms with Gasteiger partial charge in [-0.2, -0.15) is 5.10 Å². The highest BCUT2D eigenvalue weighted by atomic mass is 16.1. The van der Waals surface area contributed by atoms with E-state index in [1.165, 1.54) is 12.4 Å². The standard InChI is InChI=1S/C14H16N6O/c1-3-20(9(2)10-4-5-12(21)15-6-10)14-11-7-18-19-13(11)16-8-17-14/h4-9H,3H2,1-2H3,(H,15,21)(H,16,17,18,19)/t9-/m0/s1. The molecule has 1 atom stereocenters. The Kier molecular flexibility index (Phi) is 3.39. The average Bonchev–Trinajstić information content (AvgIpc) is 2.98. The Morgan fingerprint density at radius 2 is 2.19 bits per heavy atom. The number of aromatic nitrogens is 5. The molecule has 0 spiro atoms. The third-order valence-corrected chi connectivity index (χ3v) is 3.60. The lowest BCUT2D eigenvalue weighted by molar-refractivity contribution is 0.679. The maximum absolute atomic E-state index is 11.2. The number of hydrogen-bond acceptors (Lipinski definition) is 5. The van der Waals surface area contributed by atoms with Crippen molar-refractivity contribution in [2.45, 2.75) is 19.9 Å². The third-order valence-electron chi connectivity index (χ3n) is 3.60. The van der Waals surface area contributed by atoms with Crippen LogP contribution < -0.4 is 10.5 Å². The van der Waals surface area contributed by atoms with Crippen LogP contribution in [0.1, 0.15) is 25.5 Å². The van der Waals surface area contributed by atoms with Gasteiger partial charge in [-0.15, -0.1) is 0 Å². The summed E-state index contributed by atoms with van der Waals surface area (Å²) in [6.07, 6.45) is 4.99. The first-order valence-corrected chi connectivity index (χ1v) is 6.80. The van der Waals surface area contributed by atoms with Gasteiger partial charge in [0.05, 0.1) is 17.6 Å². The molecule has 7 heteroatoms. The minimum Gasteiger partial charge on any atom is -0.349 e. The summed E-state index contributed by atoms with van der Waals surface area (Å²) in [6.45, 7) is 4.92. The van der Waals surface area contributed by atoms with Crippen molar-refractivity contribution in [2.75, 3.05) is 11.4 Å². The molecule has 0 aliphatic carbocycles. The van der Waals surface area contributed by atoms with E-state index in [0.717, 1.165) is 23.3 Å². The molecule has 0 aromatic carbocycles. The Morgan fingerprint density at radius 1 is 1.33 bits per heavy atom. The molecule has 3 rings (SSSR count). The lowest BCUT2D eigenvalue weighted by Crippen LogP contribution is -2.28. The first-order valence-electron chi connectivity index (χ1n) is 6.80. The topological polar surface area (TPSA) is 90.6 Å². The normalized spacial score (nSPS) is 12.5. The first kappa shape index (κ1) is 13.3. The fourth-order valence-electron chi connectivity index (χ4n) is 2.45. The lowest BCUT2D eigenvalue weighted by Gasteiger charge is -2.29. The van der Waals surface area contributed by atoms with Gasteiger partial charge in [-0.05, 0) is 19.4 Å². The van der Waals surface area contributed by atoms with Gasteiger partial charge < -0.3 is 9.88 Å². The van der Waals surface area contributed by atoms with Gasteiger partial charge in [0.1, 0.15) is 12.1 Å². The SMILES string of the molecule is CCN(c1ncnc2[nH]ncc12)[C@@H](C)c1ccc(=O)[nH]c1. The number of hydrogen-bond donors (Lipinski definition) is 2. The molecule has 0 bridgehead atoms. The summed E-state index contributed by atoms with van der Waals surface area (Å²) in [4.78, 5) is 24.6. The number of nitrogens with zero attached hydrogens (tertiary/aromatic N) is 4. The van der Waals surface area contributed by atoms with Crippen LogP contribution in [-0.4, -0.2) is 31.7 Å². The van der Waals surface area contributed by atoms with Gasteiger partial charge >= 0.3 is 0 Å². The molecule has 108 valence electrons. The van der Waals surface area contributed by atoms with Crippen molar-refractivity contribution in [1.82, 2.24) is 25.1 Å². The molecule has 0 aliphatic rings. The zero-order chi connectivity index (χ0) is 14.8. The second-order valence-electron chi connectivity index (χ2n) is 4.78. The van der Waals surface area contributed by atoms with Gasteiger partial charge in [0.25, 0.3) is 0 Å². The van der Waals surface area contributed by atoms with Gasteiger partial charge in [0, 0.05) is 18.8 Å². The van der Waals surface area contributed by atoms with E-state index in [-0.39, 0.29) is 11.6 Å². The van der Waals surface area contributed by atoms with Crippen molar-refractivity contribution < 1.29 is 0 Å². The zero-order valence-electron chi connectivity index (χ0n) is 11.9. The highest BCUT2D eigenvalue weighted by molar-refractivity contribution is 5.86. The smallest absolute Gasteiger partial charge is 0.247 e. The van der Waals surface area contributed by atoms with E-state index in [1.54, 1.807) is 12.4 Å². The molecular formula is C14H16N6O. The molecule has 3 heterocycles. The Labute approximate surface area is 121 Å². The van der Waals surface area contributed by atoms with Crippen molar-refractivity contribution in [1.29, 1.82) is 0 Å². The van der Waals surface area contributed by atoms with Crippen LogP contribution in [-0.2, 0) is 0 Å². The van der Waals surface area contributed by atoms with E-state index in [2.05, 4.69) is 43.9 Å². The fourth-order valence-corrected chi connectivity index (χ4v) is 2.45. The quantitative estimate of drug-likeness (QED) is 0.760. The number of anilines is 1. The highest BCUT2D eigenvalue weighted by Gasteiger charge is 2.19. The van der Waals surface area contributed by atoms with Gasteiger partial charge in [-0.25, -0.2) is 9.97 Å². The predicted octanol–water partition coefficient (Wildman–Crippen LogP) is 1.63. The molecule has 3 aromatic rings. The molecular weight excluding hydrogens is 268 g/mol. The van der Waals surface area contributed by atoms with Crippen molar-refractivity contribution >= 4 is 16.9 Å². The molecule has 7 nitrogen and oxygen atoms in total. The Bertz CT molecular complexity index is 788. The van der Waals surface area contributed by atoms with E-state index in [0.29, 0.717) is 5.65 Å². The Morgan fingerprint density at radius 3 is 2.90 bits per heavy atom. The highest BCUT2D eigenvalue weighted by Crippen LogP contribution is 2.28. The van der Waals surface area contributed by atoms with Crippen molar-refractivity contribution in [3.05, 3.63) is 46.8 Å². The minimum absolute atomic E-state index is 0.0693. The van der Waals surface area contributed by atoms with Crippen LogP contribution in [0, 0.1) is 0 Å². The largest absolute Gasteiger partial charge is 0.349 e. The fraction of sp³-hybridized carbons (Fsp3) is 0.286. The van der Waals surface area contributed by atoms with E-state index in [4.69, 9.17) is 0 Å². The van der Waals surface area contributed by atoms with Gasteiger partial charge in [-0.3, -0.25) is 9.89 Å². The van der Waals surface area contributed by atoms with Crippen LogP contribution in [0.3, 0.4) is 0 Å². The number of H-pyrrole nitrogens is 2. The van der Waals surface area contributed by atoms with Crippen LogP contribution in [0.15, 0.2) is 35.6 Å². The summed E-state index contributed by atoms with van der Waals surface area (Å²) in [5, 5.41) is 7.76. The summed E-state index contributed by atoms with van der Waals surface area (Å²) in [5.74, 6) is 0.829. The minimum atomic E-state index is -0.103. The summed E-state index contributed by atoms with van der Waals surface area (Å²) >= 11 is 0. The number of aromatic amines is 2. The number of pyridine rings is 1. The second kappa shape index (κ2) is 5.35. The summed E-state index contributed by atoms with van der Waals surface area (Å²) in [5.41, 5.74) is 1.63. The molecule has 0 saturated heterocycles. The van der Waals surface area contributed by atoms with Crippen molar-refractivity contribution in [3.63, 3.8) is 0 Å². The molecule has 0 fully saturated rings. The van der Waals surface area contributed by atoms with E-state index in [1.807, 2.05) is 6.07 Å². The number of fused-ring (bicyclic) bond motifs is 1. The monoisotopic (exact) mass is 284 g/mol. The average molecular weight is 284 g/mol. The van der Waals surface area contributed by atoms with Gasteiger partial charge in [0.15, 0.2) is 5.65 Å². The summed E-state index contributed by atoms with van der Waals surface area (Å²) in [6, 6.07) is 3.44. The molecule has 0 unspecified atom stereocenters. The van der Waals surface area contributed by atoms with Crippen LogP contribution in [0.25, 0.3) is 11.0 Å². The Hall–Kier alpha value is -2.70. The van der Waals surface area contributed by atoms with E-state index in [9.17, 15) is 4.79 Å². The molecule has 0 amide bonds. The maximum Gasteiger partial charge on any atom is 0.247 e. The molecule has 2 N–H and O–H groups in total. The van der Waals surface area contributed by atoms with Gasteiger partial charge in [-0.1, -0.05) is 6.07 Å². The molecule has 0 radical (unpaired) electrons. The van der Waals surface area contributed by atoms with Crippen molar-refractivity contribution in [3.8, 4) is 0 Å². The van der Waals surface area contributed by atoms with E-state index < -0.39 is 0 Å². The molecule has 0 saturated carbocycles. The summed E-state index contributed by atoms with van der Waals surface area (Å²) < 4.78 is 0. The zero-order valence-corrected chi connectivity index (χ0v) is 11.9. The maximum atomic E-state index is 11.2. The molecule has 0 aliphatic heterocycles. The van der Waals surface area contributed by atoms with E-state index >= 15 is 0 Å². The summed E-state index contributed by atoms with van der Waals surface area (Å²) in [7, 11) is 0. The number of nitrogens with one attached hydrogen (secondary N) is 2. The Balaban J connectivity index is 2.03. The number of rotatable bonds is 4. The van der Waals surface area contributed by atoms with Crippen LogP contribution >= 0.6 is 0 Å². The lowest BCUT2D eigenvalue weighted by atomic mass is 10.1. The van der Waals surface area contributed by atoms with Crippen LogP contribution in [0.4, 0.5) is 5.82 Å². The molecule has 21 heavy (non-hydrogen) atoms. The third kappa shape index (κ3) is 2.37. The second-order valence-corrected chi connectivity index (χ2v) is 4.78. The first-order chi connectivity index (χ1) is 10.2. The van der Waals surface area contributed by atoms with Crippen LogP contribution in [0.2, 0.25) is 0 Å². The van der Waals surface area contributed by atoms with Gasteiger partial charge in [0.2, 0.25) is 5.56 Å².